The van der Waals surface area contributed by atoms with Gasteiger partial charge < -0.3 is 10.1 Å². The molecule has 0 fully saturated rings. The Morgan fingerprint density at radius 2 is 2.38 bits per heavy atom. The van der Waals surface area contributed by atoms with Gasteiger partial charge in [0.15, 0.2) is 0 Å². The standard InChI is InChI=1S/C10H13NO2/c1-8-6-10(13)11-7-9(8)4-2-3-5-12/h2,4,6-7,12H,3,5H2,1H3,(H,11,13). The lowest BCUT2D eigenvalue weighted by Crippen LogP contribution is -2.04. The predicted molar refractivity (Wildman–Crippen MR) is 52.5 cm³/mol. The lowest BCUT2D eigenvalue weighted by molar-refractivity contribution is 0.303. The number of aliphatic hydroxyl groups is 1. The Balaban J connectivity index is 2.83. The topological polar surface area (TPSA) is 53.1 Å². The number of hydrogen-bond acceptors (Lipinski definition) is 2. The molecular weight excluding hydrogens is 166 g/mol. The zero-order chi connectivity index (χ0) is 9.68. The van der Waals surface area contributed by atoms with Crippen molar-refractivity contribution < 1.29 is 5.11 Å². The maximum Gasteiger partial charge on any atom is 0.248 e. The Morgan fingerprint density at radius 1 is 1.62 bits per heavy atom. The Kier molecular flexibility index (Phi) is 3.46. The molecule has 0 unspecified atom stereocenters. The van der Waals surface area contributed by atoms with E-state index in [0.29, 0.717) is 6.42 Å². The van der Waals surface area contributed by atoms with Gasteiger partial charge in [0.2, 0.25) is 5.56 Å². The molecule has 1 aromatic heterocycles. The number of pyridine rings is 1. The number of hydrogen-bond donors (Lipinski definition) is 2. The number of H-pyrrole nitrogens is 1. The minimum atomic E-state index is -0.0863. The smallest absolute Gasteiger partial charge is 0.248 e. The number of aromatic amines is 1. The van der Waals surface area contributed by atoms with Gasteiger partial charge in [-0.25, -0.2) is 0 Å². The zero-order valence-electron chi connectivity index (χ0n) is 7.58. The maximum atomic E-state index is 10.9. The summed E-state index contributed by atoms with van der Waals surface area (Å²) in [6.45, 7) is 2.03. The van der Waals surface area contributed by atoms with Crippen molar-refractivity contribution in [3.8, 4) is 0 Å². The SMILES string of the molecule is Cc1cc(=O)[nH]cc1C=CCCO. The Bertz CT molecular complexity index is 352. The number of nitrogens with one attached hydrogen (secondary N) is 1. The van der Waals surface area contributed by atoms with Crippen molar-refractivity contribution >= 4 is 6.08 Å². The second-order valence-corrected chi connectivity index (χ2v) is 2.85. The summed E-state index contributed by atoms with van der Waals surface area (Å²) >= 11 is 0. The van der Waals surface area contributed by atoms with Crippen LogP contribution < -0.4 is 5.56 Å². The third-order valence-electron chi connectivity index (χ3n) is 1.77. The van der Waals surface area contributed by atoms with Crippen LogP contribution in [0.4, 0.5) is 0 Å². The maximum absolute atomic E-state index is 10.9. The second-order valence-electron chi connectivity index (χ2n) is 2.85. The summed E-state index contributed by atoms with van der Waals surface area (Å²) in [5.74, 6) is 0. The van der Waals surface area contributed by atoms with Gasteiger partial charge in [-0.15, -0.1) is 0 Å². The highest BCUT2D eigenvalue weighted by Gasteiger charge is 1.93. The van der Waals surface area contributed by atoms with E-state index in [0.717, 1.165) is 11.1 Å². The van der Waals surface area contributed by atoms with E-state index in [1.807, 2.05) is 19.1 Å². The van der Waals surface area contributed by atoms with Crippen LogP contribution in [0.3, 0.4) is 0 Å². The minimum Gasteiger partial charge on any atom is -0.396 e. The van der Waals surface area contributed by atoms with Crippen molar-refractivity contribution in [2.24, 2.45) is 0 Å². The third-order valence-corrected chi connectivity index (χ3v) is 1.77. The fourth-order valence-corrected chi connectivity index (χ4v) is 1.05. The van der Waals surface area contributed by atoms with Crippen molar-refractivity contribution in [1.29, 1.82) is 0 Å². The van der Waals surface area contributed by atoms with Gasteiger partial charge in [-0.05, 0) is 24.5 Å². The van der Waals surface area contributed by atoms with Crippen LogP contribution in [0.2, 0.25) is 0 Å². The fourth-order valence-electron chi connectivity index (χ4n) is 1.05. The molecule has 0 radical (unpaired) electrons. The summed E-state index contributed by atoms with van der Waals surface area (Å²) in [4.78, 5) is 13.5. The molecule has 1 aromatic rings. The summed E-state index contributed by atoms with van der Waals surface area (Å²) < 4.78 is 0. The molecule has 3 nitrogen and oxygen atoms in total. The highest BCUT2D eigenvalue weighted by molar-refractivity contribution is 5.51. The van der Waals surface area contributed by atoms with Gasteiger partial charge in [0.1, 0.15) is 0 Å². The van der Waals surface area contributed by atoms with E-state index in [4.69, 9.17) is 5.11 Å². The molecule has 0 amide bonds. The van der Waals surface area contributed by atoms with E-state index >= 15 is 0 Å². The molecule has 1 heterocycles. The van der Waals surface area contributed by atoms with Gasteiger partial charge in [0, 0.05) is 18.9 Å². The summed E-state index contributed by atoms with van der Waals surface area (Å²) in [7, 11) is 0. The quantitative estimate of drug-likeness (QED) is 0.729. The average molecular weight is 179 g/mol. The van der Waals surface area contributed by atoms with E-state index in [2.05, 4.69) is 4.98 Å². The van der Waals surface area contributed by atoms with E-state index < -0.39 is 0 Å². The van der Waals surface area contributed by atoms with Gasteiger partial charge in [0.05, 0.1) is 0 Å². The first-order valence-electron chi connectivity index (χ1n) is 4.21. The molecule has 3 heteroatoms. The molecule has 13 heavy (non-hydrogen) atoms. The summed E-state index contributed by atoms with van der Waals surface area (Å²) in [6.07, 6.45) is 6.08. The molecular formula is C10H13NO2. The van der Waals surface area contributed by atoms with Crippen molar-refractivity contribution in [3.63, 3.8) is 0 Å². The van der Waals surface area contributed by atoms with E-state index in [1.54, 1.807) is 12.3 Å². The van der Waals surface area contributed by atoms with Gasteiger partial charge in [-0.2, -0.15) is 0 Å². The van der Waals surface area contributed by atoms with Crippen LogP contribution in [-0.4, -0.2) is 16.7 Å². The summed E-state index contributed by atoms with van der Waals surface area (Å²) in [5.41, 5.74) is 1.84. The third kappa shape index (κ3) is 2.87. The molecule has 0 saturated carbocycles. The molecule has 0 atom stereocenters. The fraction of sp³-hybridized carbons (Fsp3) is 0.300. The number of aliphatic hydroxyl groups excluding tert-OH is 1. The first-order chi connectivity index (χ1) is 6.24. The normalized spacial score (nSPS) is 10.9. The van der Waals surface area contributed by atoms with Crippen molar-refractivity contribution in [2.75, 3.05) is 6.61 Å². The number of aromatic nitrogens is 1. The number of aryl methyl sites for hydroxylation is 1. The minimum absolute atomic E-state index is 0.0863. The molecule has 0 aliphatic rings. The van der Waals surface area contributed by atoms with E-state index in [9.17, 15) is 4.79 Å². The highest BCUT2D eigenvalue weighted by Crippen LogP contribution is 2.05. The largest absolute Gasteiger partial charge is 0.396 e. The first-order valence-corrected chi connectivity index (χ1v) is 4.21. The van der Waals surface area contributed by atoms with Crippen LogP contribution in [0.1, 0.15) is 17.5 Å². The Labute approximate surface area is 76.7 Å². The molecule has 0 bridgehead atoms. The Hall–Kier alpha value is -1.35. The summed E-state index contributed by atoms with van der Waals surface area (Å²) in [5, 5.41) is 8.55. The molecule has 0 aromatic carbocycles. The van der Waals surface area contributed by atoms with Crippen molar-refractivity contribution in [3.05, 3.63) is 39.8 Å². The molecule has 0 aliphatic carbocycles. The average Bonchev–Trinajstić information content (AvgIpc) is 2.09. The molecule has 0 saturated heterocycles. The first kappa shape index (κ1) is 9.74. The lowest BCUT2D eigenvalue weighted by Gasteiger charge is -1.97. The van der Waals surface area contributed by atoms with Crippen molar-refractivity contribution in [1.82, 2.24) is 4.98 Å². The molecule has 1 rings (SSSR count). The van der Waals surface area contributed by atoms with Crippen LogP contribution in [0.5, 0.6) is 0 Å². The molecule has 2 N–H and O–H groups in total. The summed E-state index contributed by atoms with van der Waals surface area (Å²) in [6, 6.07) is 1.55. The Morgan fingerprint density at radius 3 is 3.00 bits per heavy atom. The number of rotatable bonds is 3. The lowest BCUT2D eigenvalue weighted by atomic mass is 10.1. The molecule has 0 spiro atoms. The molecule has 70 valence electrons. The van der Waals surface area contributed by atoms with Crippen LogP contribution in [-0.2, 0) is 0 Å². The van der Waals surface area contributed by atoms with Gasteiger partial charge in [-0.1, -0.05) is 12.2 Å². The van der Waals surface area contributed by atoms with Crippen LogP contribution >= 0.6 is 0 Å². The van der Waals surface area contributed by atoms with Crippen LogP contribution in [0.25, 0.3) is 6.08 Å². The second kappa shape index (κ2) is 4.62. The molecule has 0 aliphatic heterocycles. The predicted octanol–water partition coefficient (Wildman–Crippen LogP) is 1.08. The zero-order valence-corrected chi connectivity index (χ0v) is 7.58. The van der Waals surface area contributed by atoms with Crippen LogP contribution in [0.15, 0.2) is 23.1 Å². The monoisotopic (exact) mass is 179 g/mol. The van der Waals surface area contributed by atoms with Gasteiger partial charge >= 0.3 is 0 Å². The van der Waals surface area contributed by atoms with Crippen LogP contribution in [0, 0.1) is 6.92 Å². The van der Waals surface area contributed by atoms with E-state index in [-0.39, 0.29) is 12.2 Å². The van der Waals surface area contributed by atoms with Gasteiger partial charge in [-0.3, -0.25) is 4.79 Å². The van der Waals surface area contributed by atoms with E-state index in [1.165, 1.54) is 0 Å². The highest BCUT2D eigenvalue weighted by atomic mass is 16.2. The van der Waals surface area contributed by atoms with Gasteiger partial charge in [0.25, 0.3) is 0 Å². The van der Waals surface area contributed by atoms with Crippen molar-refractivity contribution in [2.45, 2.75) is 13.3 Å².